The highest BCUT2D eigenvalue weighted by atomic mass is 15.4. The molecule has 0 aliphatic heterocycles. The molecule has 0 fully saturated rings. The molecule has 0 radical (unpaired) electrons. The van der Waals surface area contributed by atoms with E-state index in [4.69, 9.17) is 5.84 Å². The minimum Gasteiger partial charge on any atom is -0.307 e. The van der Waals surface area contributed by atoms with Crippen molar-refractivity contribution in [3.63, 3.8) is 0 Å². The summed E-state index contributed by atoms with van der Waals surface area (Å²) in [5.74, 6) is 5.80. The lowest BCUT2D eigenvalue weighted by molar-refractivity contribution is 0.714. The molecule has 66 valence electrons. The van der Waals surface area contributed by atoms with Crippen LogP contribution in [0.4, 0.5) is 0 Å². The van der Waals surface area contributed by atoms with Gasteiger partial charge >= 0.3 is 0 Å². The van der Waals surface area contributed by atoms with Gasteiger partial charge in [-0.1, -0.05) is 5.21 Å². The first-order valence-electron chi connectivity index (χ1n) is 3.65. The van der Waals surface area contributed by atoms with Crippen LogP contribution < -0.4 is 11.3 Å². The van der Waals surface area contributed by atoms with E-state index < -0.39 is 0 Å². The van der Waals surface area contributed by atoms with E-state index in [1.165, 1.54) is 0 Å². The summed E-state index contributed by atoms with van der Waals surface area (Å²) in [6.07, 6.45) is 1.74. The van der Waals surface area contributed by atoms with Gasteiger partial charge in [0.15, 0.2) is 5.84 Å². The number of aromatic nitrogens is 3. The fourth-order valence-corrected chi connectivity index (χ4v) is 0.815. The number of hydrogen-bond donors (Lipinski definition) is 2. The van der Waals surface area contributed by atoms with Gasteiger partial charge in [-0.05, 0) is 6.92 Å². The van der Waals surface area contributed by atoms with E-state index in [-0.39, 0.29) is 0 Å². The Morgan fingerprint density at radius 3 is 3.00 bits per heavy atom. The third-order valence-electron chi connectivity index (χ3n) is 1.30. The number of nitrogens with two attached hydrogens (primary N) is 1. The van der Waals surface area contributed by atoms with E-state index in [0.717, 1.165) is 0 Å². The Hall–Kier alpha value is -1.43. The lowest BCUT2D eigenvalue weighted by Crippen LogP contribution is -2.31. The minimum absolute atomic E-state index is 0.561. The molecule has 0 aliphatic rings. The molecule has 0 aliphatic carbocycles. The molecule has 0 spiro atoms. The number of rotatable bonds is 2. The van der Waals surface area contributed by atoms with Crippen molar-refractivity contribution >= 4 is 5.84 Å². The quantitative estimate of drug-likeness (QED) is 0.258. The van der Waals surface area contributed by atoms with Crippen LogP contribution in [0.3, 0.4) is 0 Å². The topological polar surface area (TPSA) is 81.1 Å². The van der Waals surface area contributed by atoms with Crippen LogP contribution >= 0.6 is 0 Å². The van der Waals surface area contributed by atoms with Gasteiger partial charge in [0, 0.05) is 13.6 Å². The van der Waals surface area contributed by atoms with Gasteiger partial charge in [0.2, 0.25) is 0 Å². The molecule has 6 nitrogen and oxygen atoms in total. The zero-order valence-electron chi connectivity index (χ0n) is 7.15. The molecule has 1 heterocycles. The minimum atomic E-state index is 0.561. The van der Waals surface area contributed by atoms with Crippen molar-refractivity contribution in [2.24, 2.45) is 17.9 Å². The molecule has 0 amide bonds. The summed E-state index contributed by atoms with van der Waals surface area (Å²) in [5, 5.41) is 7.60. The van der Waals surface area contributed by atoms with E-state index in [1.54, 1.807) is 17.9 Å². The van der Waals surface area contributed by atoms with Crippen molar-refractivity contribution in [1.29, 1.82) is 0 Å². The van der Waals surface area contributed by atoms with E-state index >= 15 is 0 Å². The molecule has 6 heteroatoms. The van der Waals surface area contributed by atoms with Gasteiger partial charge in [0.05, 0.1) is 6.20 Å². The largest absolute Gasteiger partial charge is 0.307 e. The first kappa shape index (κ1) is 8.66. The zero-order valence-corrected chi connectivity index (χ0v) is 7.15. The van der Waals surface area contributed by atoms with Crippen molar-refractivity contribution in [3.8, 4) is 0 Å². The second kappa shape index (κ2) is 3.82. The molecule has 0 aromatic carbocycles. The standard InChI is InChI=1S/C6H12N6/c1-3-8-6(9-7)5-4-12(2)11-10-5/h4H,3,7H2,1-2H3,(H,8,9). The Bertz CT molecular complexity index is 275. The van der Waals surface area contributed by atoms with E-state index in [9.17, 15) is 0 Å². The highest BCUT2D eigenvalue weighted by Gasteiger charge is 2.04. The molecule has 1 rings (SSSR count). The van der Waals surface area contributed by atoms with Crippen LogP contribution in [0.1, 0.15) is 12.6 Å². The molecule has 0 unspecified atom stereocenters. The molecule has 1 aromatic rings. The lowest BCUT2D eigenvalue weighted by atomic mass is 10.4. The van der Waals surface area contributed by atoms with Crippen LogP contribution in [0.25, 0.3) is 0 Å². The number of aryl methyl sites for hydroxylation is 1. The molecule has 3 N–H and O–H groups in total. The van der Waals surface area contributed by atoms with Crippen molar-refractivity contribution in [3.05, 3.63) is 11.9 Å². The van der Waals surface area contributed by atoms with Crippen molar-refractivity contribution < 1.29 is 0 Å². The first-order chi connectivity index (χ1) is 5.77. The van der Waals surface area contributed by atoms with Gasteiger partial charge in [-0.2, -0.15) is 0 Å². The molecule has 0 saturated carbocycles. The molecular formula is C6H12N6. The van der Waals surface area contributed by atoms with Gasteiger partial charge in [-0.15, -0.1) is 5.10 Å². The molecule has 0 atom stereocenters. The van der Waals surface area contributed by atoms with Crippen molar-refractivity contribution in [2.45, 2.75) is 6.92 Å². The van der Waals surface area contributed by atoms with E-state index in [2.05, 4.69) is 20.7 Å². The summed E-state index contributed by atoms with van der Waals surface area (Å²) < 4.78 is 1.60. The smallest absolute Gasteiger partial charge is 0.165 e. The molecular weight excluding hydrogens is 156 g/mol. The fraction of sp³-hybridized carbons (Fsp3) is 0.500. The summed E-state index contributed by atoms with van der Waals surface area (Å²) in [6, 6.07) is 0. The molecule has 0 saturated heterocycles. The van der Waals surface area contributed by atoms with Crippen LogP contribution in [0.15, 0.2) is 11.2 Å². The second-order valence-corrected chi connectivity index (χ2v) is 2.24. The maximum atomic E-state index is 5.24. The van der Waals surface area contributed by atoms with E-state index in [0.29, 0.717) is 18.1 Å². The van der Waals surface area contributed by atoms with Crippen LogP contribution in [0, 0.1) is 0 Å². The number of aliphatic imine (C=N–C) groups is 1. The third-order valence-corrected chi connectivity index (χ3v) is 1.30. The van der Waals surface area contributed by atoms with Gasteiger partial charge in [-0.25, -0.2) is 5.84 Å². The second-order valence-electron chi connectivity index (χ2n) is 2.24. The Labute approximate surface area is 70.4 Å². The van der Waals surface area contributed by atoms with Crippen LogP contribution in [0.2, 0.25) is 0 Å². The van der Waals surface area contributed by atoms with Crippen LogP contribution in [-0.2, 0) is 7.05 Å². The molecule has 12 heavy (non-hydrogen) atoms. The summed E-state index contributed by atoms with van der Waals surface area (Å²) in [7, 11) is 1.79. The number of hydrazine groups is 1. The highest BCUT2D eigenvalue weighted by Crippen LogP contribution is 1.91. The first-order valence-corrected chi connectivity index (χ1v) is 3.65. The number of nitrogens with one attached hydrogen (secondary N) is 1. The molecule has 1 aromatic heterocycles. The number of hydrogen-bond acceptors (Lipinski definition) is 4. The van der Waals surface area contributed by atoms with Gasteiger partial charge in [0.25, 0.3) is 0 Å². The Kier molecular flexibility index (Phi) is 2.76. The Balaban J connectivity index is 2.87. The Morgan fingerprint density at radius 2 is 2.58 bits per heavy atom. The normalized spacial score (nSPS) is 11.8. The van der Waals surface area contributed by atoms with Gasteiger partial charge in [0.1, 0.15) is 5.69 Å². The average Bonchev–Trinajstić information content (AvgIpc) is 2.47. The van der Waals surface area contributed by atoms with Crippen molar-refractivity contribution in [2.75, 3.05) is 6.54 Å². The number of amidine groups is 1. The monoisotopic (exact) mass is 168 g/mol. The fourth-order valence-electron chi connectivity index (χ4n) is 0.815. The summed E-state index contributed by atoms with van der Waals surface area (Å²) in [4.78, 5) is 4.09. The number of nitrogens with zero attached hydrogens (tertiary/aromatic N) is 4. The van der Waals surface area contributed by atoms with Crippen molar-refractivity contribution in [1.82, 2.24) is 20.4 Å². The van der Waals surface area contributed by atoms with E-state index in [1.807, 2.05) is 6.92 Å². The van der Waals surface area contributed by atoms with Gasteiger partial charge in [-0.3, -0.25) is 9.67 Å². The zero-order chi connectivity index (χ0) is 8.97. The van der Waals surface area contributed by atoms with Gasteiger partial charge < -0.3 is 5.43 Å². The maximum Gasteiger partial charge on any atom is 0.165 e. The predicted octanol–water partition coefficient (Wildman–Crippen LogP) is -0.955. The summed E-state index contributed by atoms with van der Waals surface area (Å²) >= 11 is 0. The predicted molar refractivity (Wildman–Crippen MR) is 45.4 cm³/mol. The molecule has 0 bridgehead atoms. The Morgan fingerprint density at radius 1 is 1.83 bits per heavy atom. The average molecular weight is 168 g/mol. The maximum absolute atomic E-state index is 5.24. The van der Waals surface area contributed by atoms with Crippen LogP contribution in [0.5, 0.6) is 0 Å². The van der Waals surface area contributed by atoms with Crippen LogP contribution in [-0.4, -0.2) is 27.4 Å². The highest BCUT2D eigenvalue weighted by molar-refractivity contribution is 5.96. The lowest BCUT2D eigenvalue weighted by Gasteiger charge is -1.98. The SMILES string of the molecule is CCN=C(NN)c1cn(C)nn1. The summed E-state index contributed by atoms with van der Waals surface area (Å²) in [5.41, 5.74) is 3.12. The summed E-state index contributed by atoms with van der Waals surface area (Å²) in [6.45, 7) is 2.59. The third kappa shape index (κ3) is 1.79.